The Morgan fingerprint density at radius 3 is 2.19 bits per heavy atom. The van der Waals surface area contributed by atoms with E-state index >= 15 is 0 Å². The molecule has 26 heavy (non-hydrogen) atoms. The zero-order chi connectivity index (χ0) is 18.8. The molecule has 0 saturated carbocycles. The van der Waals surface area contributed by atoms with E-state index in [1.807, 2.05) is 6.07 Å². The average molecular weight is 351 g/mol. The van der Waals surface area contributed by atoms with Crippen LogP contribution in [-0.2, 0) is 4.74 Å². The predicted octanol–water partition coefficient (Wildman–Crippen LogP) is 4.51. The first kappa shape index (κ1) is 19.2. The second kappa shape index (κ2) is 10.00. The summed E-state index contributed by atoms with van der Waals surface area (Å²) >= 11 is 0. The maximum atomic E-state index is 12.4. The summed E-state index contributed by atoms with van der Waals surface area (Å²) in [6, 6.07) is 14.6. The molecule has 0 radical (unpaired) electrons. The van der Waals surface area contributed by atoms with Gasteiger partial charge in [0.1, 0.15) is 5.75 Å². The van der Waals surface area contributed by atoms with Gasteiger partial charge in [0.15, 0.2) is 0 Å². The highest BCUT2D eigenvalue weighted by atomic mass is 16.5. The molecule has 0 amide bonds. The van der Waals surface area contributed by atoms with Crippen LogP contribution >= 0.6 is 0 Å². The maximum absolute atomic E-state index is 12.4. The molecule has 0 aliphatic heterocycles. The van der Waals surface area contributed by atoms with Gasteiger partial charge in [-0.1, -0.05) is 38.3 Å². The Hall–Kier alpha value is -3.13. The molecule has 2 aromatic carbocycles. The second-order valence-corrected chi connectivity index (χ2v) is 5.77. The molecule has 0 aliphatic rings. The number of esters is 2. The van der Waals surface area contributed by atoms with Crippen LogP contribution in [0.1, 0.15) is 58.9 Å². The number of benzene rings is 2. The van der Waals surface area contributed by atoms with Crippen molar-refractivity contribution in [3.8, 4) is 11.8 Å². The Kier molecular flexibility index (Phi) is 7.38. The summed E-state index contributed by atoms with van der Waals surface area (Å²) in [6.07, 6.45) is 4.02. The van der Waals surface area contributed by atoms with E-state index in [0.717, 1.165) is 25.7 Å². The quantitative estimate of drug-likeness (QED) is 0.397. The molecule has 0 aromatic heterocycles. The van der Waals surface area contributed by atoms with Crippen LogP contribution in [-0.4, -0.2) is 18.5 Å². The summed E-state index contributed by atoms with van der Waals surface area (Å²) in [7, 11) is 0. The minimum Gasteiger partial charge on any atom is -0.462 e. The Balaban J connectivity index is 2.03. The normalized spacial score (nSPS) is 10.0. The van der Waals surface area contributed by atoms with Gasteiger partial charge in [-0.05, 0) is 42.8 Å². The fourth-order valence-corrected chi connectivity index (χ4v) is 2.37. The number of rotatable bonds is 8. The predicted molar refractivity (Wildman–Crippen MR) is 97.0 cm³/mol. The van der Waals surface area contributed by atoms with Crippen molar-refractivity contribution in [1.29, 1.82) is 5.26 Å². The first-order valence-electron chi connectivity index (χ1n) is 8.64. The number of hydrogen-bond acceptors (Lipinski definition) is 5. The minimum atomic E-state index is -0.645. The number of ether oxygens (including phenoxy) is 2. The lowest BCUT2D eigenvalue weighted by Crippen LogP contribution is -2.16. The molecule has 0 heterocycles. The third-order valence-electron chi connectivity index (χ3n) is 3.79. The van der Waals surface area contributed by atoms with Gasteiger partial charge in [-0.15, -0.1) is 0 Å². The third kappa shape index (κ3) is 5.45. The zero-order valence-corrected chi connectivity index (χ0v) is 14.7. The minimum absolute atomic E-state index is 0.149. The monoisotopic (exact) mass is 351 g/mol. The highest BCUT2D eigenvalue weighted by Crippen LogP contribution is 2.17. The van der Waals surface area contributed by atoms with Gasteiger partial charge in [0, 0.05) is 0 Å². The summed E-state index contributed by atoms with van der Waals surface area (Å²) in [5, 5.41) is 8.80. The molecule has 2 rings (SSSR count). The molecular formula is C21H21NO4. The van der Waals surface area contributed by atoms with E-state index in [4.69, 9.17) is 14.7 Å². The summed E-state index contributed by atoms with van der Waals surface area (Å²) < 4.78 is 10.6. The maximum Gasteiger partial charge on any atom is 0.344 e. The van der Waals surface area contributed by atoms with Crippen LogP contribution < -0.4 is 4.74 Å². The van der Waals surface area contributed by atoms with E-state index < -0.39 is 11.9 Å². The molecule has 0 saturated heterocycles. The van der Waals surface area contributed by atoms with Crippen molar-refractivity contribution in [1.82, 2.24) is 0 Å². The number of carbonyl (C=O) groups is 2. The molecular weight excluding hydrogens is 330 g/mol. The first-order chi connectivity index (χ1) is 12.7. The molecule has 0 unspecified atom stereocenters. The van der Waals surface area contributed by atoms with Crippen molar-refractivity contribution < 1.29 is 19.1 Å². The number of carbonyl (C=O) groups excluding carboxylic acids is 2. The topological polar surface area (TPSA) is 76.4 Å². The van der Waals surface area contributed by atoms with Crippen LogP contribution in [0.15, 0.2) is 48.5 Å². The summed E-state index contributed by atoms with van der Waals surface area (Å²) in [6.45, 7) is 2.44. The summed E-state index contributed by atoms with van der Waals surface area (Å²) in [5.74, 6) is -0.876. The number of nitriles is 1. The van der Waals surface area contributed by atoms with Crippen molar-refractivity contribution >= 4 is 11.9 Å². The van der Waals surface area contributed by atoms with Gasteiger partial charge >= 0.3 is 11.9 Å². The van der Waals surface area contributed by atoms with Crippen LogP contribution in [0.25, 0.3) is 0 Å². The van der Waals surface area contributed by atoms with Crippen LogP contribution in [0.4, 0.5) is 0 Å². The van der Waals surface area contributed by atoms with Crippen molar-refractivity contribution in [3.05, 3.63) is 65.2 Å². The number of hydrogen-bond donors (Lipinski definition) is 0. The van der Waals surface area contributed by atoms with Gasteiger partial charge in [0.05, 0.1) is 29.4 Å². The Morgan fingerprint density at radius 2 is 1.58 bits per heavy atom. The van der Waals surface area contributed by atoms with Crippen molar-refractivity contribution in [2.45, 2.75) is 32.6 Å². The molecule has 0 atom stereocenters. The summed E-state index contributed by atoms with van der Waals surface area (Å²) in [5.41, 5.74) is 0.800. The Morgan fingerprint density at radius 1 is 0.923 bits per heavy atom. The smallest absolute Gasteiger partial charge is 0.344 e. The largest absolute Gasteiger partial charge is 0.462 e. The second-order valence-electron chi connectivity index (χ2n) is 5.77. The highest BCUT2D eigenvalue weighted by molar-refractivity contribution is 6.03. The Bertz CT molecular complexity index is 790. The molecule has 2 aromatic rings. The van der Waals surface area contributed by atoms with Crippen LogP contribution in [0.3, 0.4) is 0 Å². The van der Waals surface area contributed by atoms with Gasteiger partial charge in [-0.25, -0.2) is 9.59 Å². The third-order valence-corrected chi connectivity index (χ3v) is 3.79. The van der Waals surface area contributed by atoms with E-state index in [2.05, 4.69) is 6.92 Å². The fraction of sp³-hybridized carbons (Fsp3) is 0.286. The lowest BCUT2D eigenvalue weighted by atomic mass is 10.1. The van der Waals surface area contributed by atoms with Crippen LogP contribution in [0.5, 0.6) is 5.75 Å². The van der Waals surface area contributed by atoms with E-state index in [1.54, 1.807) is 30.3 Å². The highest BCUT2D eigenvalue weighted by Gasteiger charge is 2.19. The van der Waals surface area contributed by atoms with Gasteiger partial charge < -0.3 is 9.47 Å². The molecule has 0 N–H and O–H groups in total. The van der Waals surface area contributed by atoms with Gasteiger partial charge in [0.2, 0.25) is 0 Å². The van der Waals surface area contributed by atoms with E-state index in [1.165, 1.54) is 18.2 Å². The van der Waals surface area contributed by atoms with E-state index in [9.17, 15) is 9.59 Å². The number of unbranched alkanes of at least 4 members (excludes halogenated alkanes) is 3. The van der Waals surface area contributed by atoms with Crippen molar-refractivity contribution in [2.24, 2.45) is 0 Å². The average Bonchev–Trinajstić information content (AvgIpc) is 2.68. The zero-order valence-electron chi connectivity index (χ0n) is 14.7. The Labute approximate surface area is 153 Å². The SMILES string of the molecule is CCCCCCOC(=O)c1ccccc1C(=O)Oc1ccc(C#N)cc1. The molecule has 5 nitrogen and oxygen atoms in total. The van der Waals surface area contributed by atoms with Crippen molar-refractivity contribution in [3.63, 3.8) is 0 Å². The van der Waals surface area contributed by atoms with E-state index in [0.29, 0.717) is 17.9 Å². The van der Waals surface area contributed by atoms with E-state index in [-0.39, 0.29) is 11.1 Å². The first-order valence-corrected chi connectivity index (χ1v) is 8.64. The van der Waals surface area contributed by atoms with Gasteiger partial charge in [-0.2, -0.15) is 5.26 Å². The molecule has 0 aliphatic carbocycles. The van der Waals surface area contributed by atoms with Gasteiger partial charge in [0.25, 0.3) is 0 Å². The molecule has 5 heteroatoms. The van der Waals surface area contributed by atoms with Crippen LogP contribution in [0.2, 0.25) is 0 Å². The number of nitrogens with zero attached hydrogens (tertiary/aromatic N) is 1. The lowest BCUT2D eigenvalue weighted by molar-refractivity contribution is 0.0489. The molecule has 0 fully saturated rings. The van der Waals surface area contributed by atoms with Gasteiger partial charge in [-0.3, -0.25) is 0 Å². The van der Waals surface area contributed by atoms with Crippen molar-refractivity contribution in [2.75, 3.05) is 6.61 Å². The molecule has 134 valence electrons. The molecule has 0 bridgehead atoms. The standard InChI is InChI=1S/C21H21NO4/c1-2-3-4-7-14-25-20(23)18-8-5-6-9-19(18)21(24)26-17-12-10-16(15-22)11-13-17/h5-6,8-13H,2-4,7,14H2,1H3. The van der Waals surface area contributed by atoms with Crippen LogP contribution in [0, 0.1) is 11.3 Å². The lowest BCUT2D eigenvalue weighted by Gasteiger charge is -2.09. The summed E-state index contributed by atoms with van der Waals surface area (Å²) in [4.78, 5) is 24.7. The molecule has 0 spiro atoms. The fourth-order valence-electron chi connectivity index (χ4n) is 2.37.